The highest BCUT2D eigenvalue weighted by Crippen LogP contribution is 2.24. The number of carbonyl (C=O) groups excluding carboxylic acids is 1. The second-order valence-corrected chi connectivity index (χ2v) is 6.69. The molecule has 0 bridgehead atoms. The number of fused-ring (bicyclic) bond motifs is 3. The number of benzene rings is 1. The normalized spacial score (nSPS) is 16.6. The largest absolute Gasteiger partial charge is 0.448 e. The molecule has 1 fully saturated rings. The highest BCUT2D eigenvalue weighted by molar-refractivity contribution is 6.01. The lowest BCUT2D eigenvalue weighted by atomic mass is 10.2. The van der Waals surface area contributed by atoms with Gasteiger partial charge >= 0.3 is 0 Å². The standard InChI is InChI=1S/C19H22N4O3.ClH/c1-2-9-23(13-7-8-20-10-13)16(24)11-22-12-21-17-14-5-3-4-6-15(14)26-18(17)19(22)25;/h3-6,12-13,20H,2,7-11H2,1H3;1H. The summed E-state index contributed by atoms with van der Waals surface area (Å²) in [6.45, 7) is 4.46. The van der Waals surface area contributed by atoms with Gasteiger partial charge in [0, 0.05) is 24.5 Å². The summed E-state index contributed by atoms with van der Waals surface area (Å²) in [7, 11) is 0. The molecule has 1 aliphatic rings. The molecule has 3 aromatic rings. The van der Waals surface area contributed by atoms with Crippen LogP contribution < -0.4 is 10.9 Å². The molecule has 1 unspecified atom stereocenters. The van der Waals surface area contributed by atoms with Crippen LogP contribution >= 0.6 is 12.4 Å². The number of rotatable bonds is 5. The Labute approximate surface area is 162 Å². The highest BCUT2D eigenvalue weighted by Gasteiger charge is 2.26. The predicted molar refractivity (Wildman–Crippen MR) is 106 cm³/mol. The summed E-state index contributed by atoms with van der Waals surface area (Å²) in [5.41, 5.74) is 1.05. The second-order valence-electron chi connectivity index (χ2n) is 6.69. The number of hydrogen-bond acceptors (Lipinski definition) is 5. The van der Waals surface area contributed by atoms with Crippen molar-refractivity contribution < 1.29 is 9.21 Å². The topological polar surface area (TPSA) is 80.4 Å². The molecule has 1 amide bonds. The lowest BCUT2D eigenvalue weighted by Crippen LogP contribution is -2.44. The molecule has 0 radical (unpaired) electrons. The molecule has 1 saturated heterocycles. The highest BCUT2D eigenvalue weighted by atomic mass is 35.5. The van der Waals surface area contributed by atoms with Crippen LogP contribution in [0.15, 0.2) is 39.8 Å². The van der Waals surface area contributed by atoms with Crippen LogP contribution in [0.2, 0.25) is 0 Å². The third-order valence-electron chi connectivity index (χ3n) is 4.92. The molecule has 1 aliphatic heterocycles. The van der Waals surface area contributed by atoms with Crippen molar-refractivity contribution in [2.75, 3.05) is 19.6 Å². The number of para-hydroxylation sites is 1. The zero-order chi connectivity index (χ0) is 18.1. The average molecular weight is 391 g/mol. The Morgan fingerprint density at radius 3 is 2.96 bits per heavy atom. The zero-order valence-corrected chi connectivity index (χ0v) is 16.0. The second kappa shape index (κ2) is 8.10. The van der Waals surface area contributed by atoms with Crippen molar-refractivity contribution in [2.45, 2.75) is 32.4 Å². The van der Waals surface area contributed by atoms with Crippen molar-refractivity contribution in [1.82, 2.24) is 19.8 Å². The van der Waals surface area contributed by atoms with E-state index in [9.17, 15) is 9.59 Å². The molecule has 1 aromatic carbocycles. The molecule has 2 aromatic heterocycles. The fourth-order valence-corrected chi connectivity index (χ4v) is 3.62. The molecule has 7 nitrogen and oxygen atoms in total. The van der Waals surface area contributed by atoms with Gasteiger partial charge in [0.25, 0.3) is 5.56 Å². The maximum absolute atomic E-state index is 12.8. The van der Waals surface area contributed by atoms with E-state index >= 15 is 0 Å². The van der Waals surface area contributed by atoms with E-state index in [1.54, 1.807) is 0 Å². The van der Waals surface area contributed by atoms with Gasteiger partial charge < -0.3 is 14.6 Å². The van der Waals surface area contributed by atoms with Crippen LogP contribution in [0.4, 0.5) is 0 Å². The third kappa shape index (κ3) is 3.57. The molecule has 4 rings (SSSR count). The molecule has 0 saturated carbocycles. The lowest BCUT2D eigenvalue weighted by molar-refractivity contribution is -0.133. The number of halogens is 1. The van der Waals surface area contributed by atoms with Gasteiger partial charge in [-0.15, -0.1) is 12.4 Å². The monoisotopic (exact) mass is 390 g/mol. The Balaban J connectivity index is 0.00000210. The number of nitrogens with zero attached hydrogens (tertiary/aromatic N) is 3. The third-order valence-corrected chi connectivity index (χ3v) is 4.92. The number of nitrogens with one attached hydrogen (secondary N) is 1. The molecule has 0 aliphatic carbocycles. The van der Waals surface area contributed by atoms with Gasteiger partial charge in [0.05, 0.1) is 6.33 Å². The Bertz CT molecular complexity index is 1010. The van der Waals surface area contributed by atoms with E-state index in [0.717, 1.165) is 31.3 Å². The molecule has 1 N–H and O–H groups in total. The Kier molecular flexibility index (Phi) is 5.82. The van der Waals surface area contributed by atoms with Gasteiger partial charge in [-0.25, -0.2) is 4.98 Å². The lowest BCUT2D eigenvalue weighted by Gasteiger charge is -2.28. The van der Waals surface area contributed by atoms with Crippen LogP contribution in [0.25, 0.3) is 22.1 Å². The van der Waals surface area contributed by atoms with Crippen LogP contribution in [0.5, 0.6) is 0 Å². The van der Waals surface area contributed by atoms with Crippen LogP contribution in [0, 0.1) is 0 Å². The minimum atomic E-state index is -0.319. The summed E-state index contributed by atoms with van der Waals surface area (Å²) in [4.78, 5) is 31.9. The summed E-state index contributed by atoms with van der Waals surface area (Å²) in [6, 6.07) is 7.61. The molecule has 144 valence electrons. The fourth-order valence-electron chi connectivity index (χ4n) is 3.62. The van der Waals surface area contributed by atoms with E-state index < -0.39 is 0 Å². The first kappa shape index (κ1) is 19.4. The van der Waals surface area contributed by atoms with Crippen molar-refractivity contribution in [3.8, 4) is 0 Å². The molecule has 27 heavy (non-hydrogen) atoms. The predicted octanol–water partition coefficient (Wildman–Crippen LogP) is 2.17. The van der Waals surface area contributed by atoms with Crippen LogP contribution in [0.1, 0.15) is 19.8 Å². The average Bonchev–Trinajstić information content (AvgIpc) is 3.30. The van der Waals surface area contributed by atoms with Crippen LogP contribution in [-0.4, -0.2) is 46.0 Å². The minimum absolute atomic E-state index is 0. The van der Waals surface area contributed by atoms with Crippen molar-refractivity contribution in [3.05, 3.63) is 40.9 Å². The molecular weight excluding hydrogens is 368 g/mol. The quantitative estimate of drug-likeness (QED) is 0.722. The first-order valence-electron chi connectivity index (χ1n) is 9.06. The SMILES string of the molecule is CCCN(C(=O)Cn1cnc2c(oc3ccccc32)c1=O)C1CCNC1.Cl. The smallest absolute Gasteiger partial charge is 0.297 e. The Morgan fingerprint density at radius 2 is 2.22 bits per heavy atom. The summed E-state index contributed by atoms with van der Waals surface area (Å²) >= 11 is 0. The van der Waals surface area contributed by atoms with Crippen molar-refractivity contribution in [3.63, 3.8) is 0 Å². The molecule has 0 spiro atoms. The molecule has 8 heteroatoms. The Morgan fingerprint density at radius 1 is 1.41 bits per heavy atom. The number of furan rings is 1. The molecule has 3 heterocycles. The van der Waals surface area contributed by atoms with Gasteiger partial charge in [-0.1, -0.05) is 19.1 Å². The zero-order valence-electron chi connectivity index (χ0n) is 15.2. The fraction of sp³-hybridized carbons (Fsp3) is 0.421. The van der Waals surface area contributed by atoms with E-state index in [-0.39, 0.29) is 42.0 Å². The summed E-state index contributed by atoms with van der Waals surface area (Å²) in [5, 5.41) is 4.10. The number of hydrogen-bond donors (Lipinski definition) is 1. The maximum atomic E-state index is 12.8. The van der Waals surface area contributed by atoms with Gasteiger partial charge in [0.1, 0.15) is 17.6 Å². The maximum Gasteiger partial charge on any atom is 0.297 e. The van der Waals surface area contributed by atoms with Crippen molar-refractivity contribution >= 4 is 40.4 Å². The first-order valence-corrected chi connectivity index (χ1v) is 9.06. The van der Waals surface area contributed by atoms with E-state index in [0.29, 0.717) is 17.6 Å². The number of amides is 1. The van der Waals surface area contributed by atoms with Crippen molar-refractivity contribution in [1.29, 1.82) is 0 Å². The van der Waals surface area contributed by atoms with Gasteiger partial charge in [0.15, 0.2) is 0 Å². The van der Waals surface area contributed by atoms with E-state index in [1.165, 1.54) is 10.9 Å². The number of aromatic nitrogens is 2. The van der Waals surface area contributed by atoms with Gasteiger partial charge in [-0.2, -0.15) is 0 Å². The van der Waals surface area contributed by atoms with Gasteiger partial charge in [0.2, 0.25) is 11.5 Å². The molecule has 1 atom stereocenters. The van der Waals surface area contributed by atoms with Gasteiger partial charge in [-0.3, -0.25) is 14.2 Å². The summed E-state index contributed by atoms with van der Waals surface area (Å²) in [6.07, 6.45) is 3.28. The summed E-state index contributed by atoms with van der Waals surface area (Å²) < 4.78 is 7.03. The first-order chi connectivity index (χ1) is 12.7. The Hall–Kier alpha value is -2.38. The summed E-state index contributed by atoms with van der Waals surface area (Å²) in [5.74, 6) is -0.0556. The minimum Gasteiger partial charge on any atom is -0.448 e. The van der Waals surface area contributed by atoms with Gasteiger partial charge in [-0.05, 0) is 31.5 Å². The van der Waals surface area contributed by atoms with E-state index in [4.69, 9.17) is 4.42 Å². The molecular formula is C19H23ClN4O3. The van der Waals surface area contributed by atoms with E-state index in [2.05, 4.69) is 17.2 Å². The van der Waals surface area contributed by atoms with Crippen LogP contribution in [-0.2, 0) is 11.3 Å². The van der Waals surface area contributed by atoms with E-state index in [1.807, 2.05) is 29.2 Å². The van der Waals surface area contributed by atoms with Crippen molar-refractivity contribution in [2.24, 2.45) is 0 Å². The number of carbonyl (C=O) groups is 1. The van der Waals surface area contributed by atoms with Crippen LogP contribution in [0.3, 0.4) is 0 Å².